The van der Waals surface area contributed by atoms with Gasteiger partial charge in [0, 0.05) is 22.8 Å². The van der Waals surface area contributed by atoms with E-state index in [1.807, 2.05) is 30.3 Å². The second kappa shape index (κ2) is 7.74. The Morgan fingerprint density at radius 1 is 1.16 bits per heavy atom. The fraction of sp³-hybridized carbons (Fsp3) is 0.158. The third-order valence-corrected chi connectivity index (χ3v) is 3.72. The Kier molecular flexibility index (Phi) is 5.23. The van der Waals surface area contributed by atoms with Crippen molar-refractivity contribution < 1.29 is 19.7 Å². The predicted molar refractivity (Wildman–Crippen MR) is 94.0 cm³/mol. The predicted octanol–water partition coefficient (Wildman–Crippen LogP) is 3.01. The SMILES string of the molecule is O=C(Nc1ccc2cc(C(O)CO)cnc2c1)OCc1ccccc1. The lowest BCUT2D eigenvalue weighted by atomic mass is 10.1. The summed E-state index contributed by atoms with van der Waals surface area (Å²) in [5.74, 6) is 0. The number of pyridine rings is 1. The van der Waals surface area contributed by atoms with E-state index in [1.165, 1.54) is 6.20 Å². The summed E-state index contributed by atoms with van der Waals surface area (Å²) >= 11 is 0. The van der Waals surface area contributed by atoms with Gasteiger partial charge in [-0.15, -0.1) is 0 Å². The van der Waals surface area contributed by atoms with Gasteiger partial charge in [0.15, 0.2) is 0 Å². The minimum absolute atomic E-state index is 0.195. The number of anilines is 1. The molecule has 0 bridgehead atoms. The van der Waals surface area contributed by atoms with Crippen LogP contribution in [0.4, 0.5) is 10.5 Å². The molecule has 3 N–H and O–H groups in total. The van der Waals surface area contributed by atoms with Crippen LogP contribution in [0, 0.1) is 0 Å². The van der Waals surface area contributed by atoms with Gasteiger partial charge in [-0.05, 0) is 23.8 Å². The van der Waals surface area contributed by atoms with Crippen LogP contribution >= 0.6 is 0 Å². The first kappa shape index (κ1) is 16.9. The molecular formula is C19H18N2O4. The van der Waals surface area contributed by atoms with Gasteiger partial charge in [-0.1, -0.05) is 36.4 Å². The molecule has 1 heterocycles. The summed E-state index contributed by atoms with van der Waals surface area (Å²) in [7, 11) is 0. The number of fused-ring (bicyclic) bond motifs is 1. The molecule has 0 aliphatic heterocycles. The molecular weight excluding hydrogens is 320 g/mol. The number of hydrogen-bond acceptors (Lipinski definition) is 5. The van der Waals surface area contributed by atoms with E-state index in [9.17, 15) is 9.90 Å². The van der Waals surface area contributed by atoms with Crippen LogP contribution in [0.2, 0.25) is 0 Å². The fourth-order valence-corrected chi connectivity index (χ4v) is 2.38. The lowest BCUT2D eigenvalue weighted by Gasteiger charge is -2.10. The first-order valence-electron chi connectivity index (χ1n) is 7.82. The maximum Gasteiger partial charge on any atom is 0.411 e. The van der Waals surface area contributed by atoms with Crippen LogP contribution in [-0.4, -0.2) is 27.9 Å². The summed E-state index contributed by atoms with van der Waals surface area (Å²) in [6.45, 7) is -0.166. The molecule has 0 aliphatic rings. The Bertz CT molecular complexity index is 868. The van der Waals surface area contributed by atoms with E-state index in [0.29, 0.717) is 16.8 Å². The van der Waals surface area contributed by atoms with Crippen molar-refractivity contribution in [1.29, 1.82) is 0 Å². The van der Waals surface area contributed by atoms with Gasteiger partial charge >= 0.3 is 6.09 Å². The zero-order chi connectivity index (χ0) is 17.6. The highest BCUT2D eigenvalue weighted by atomic mass is 16.5. The number of amides is 1. The maximum absolute atomic E-state index is 11.9. The molecule has 0 saturated heterocycles. The van der Waals surface area contributed by atoms with Crippen molar-refractivity contribution in [2.24, 2.45) is 0 Å². The zero-order valence-electron chi connectivity index (χ0n) is 13.4. The number of nitrogens with one attached hydrogen (secondary N) is 1. The number of aliphatic hydroxyl groups is 2. The molecule has 1 amide bonds. The van der Waals surface area contributed by atoms with Crippen LogP contribution in [0.5, 0.6) is 0 Å². The lowest BCUT2D eigenvalue weighted by Crippen LogP contribution is -2.13. The van der Waals surface area contributed by atoms with Gasteiger partial charge in [-0.2, -0.15) is 0 Å². The highest BCUT2D eigenvalue weighted by Gasteiger charge is 2.09. The maximum atomic E-state index is 11.9. The van der Waals surface area contributed by atoms with Gasteiger partial charge in [0.25, 0.3) is 0 Å². The highest BCUT2D eigenvalue weighted by molar-refractivity contribution is 5.89. The van der Waals surface area contributed by atoms with Crippen LogP contribution < -0.4 is 5.32 Å². The normalized spacial score (nSPS) is 11.9. The minimum atomic E-state index is -0.956. The number of nitrogens with zero attached hydrogens (tertiary/aromatic N) is 1. The summed E-state index contributed by atoms with van der Waals surface area (Å²) in [6.07, 6.45) is -0.000956. The number of aromatic nitrogens is 1. The molecule has 0 fully saturated rings. The number of carbonyl (C=O) groups excluding carboxylic acids is 1. The van der Waals surface area contributed by atoms with Gasteiger partial charge in [-0.25, -0.2) is 4.79 Å². The number of hydrogen-bond donors (Lipinski definition) is 3. The largest absolute Gasteiger partial charge is 0.444 e. The summed E-state index contributed by atoms with van der Waals surface area (Å²) in [4.78, 5) is 16.1. The van der Waals surface area contributed by atoms with Gasteiger partial charge < -0.3 is 14.9 Å². The molecule has 0 radical (unpaired) electrons. The smallest absolute Gasteiger partial charge is 0.411 e. The van der Waals surface area contributed by atoms with Gasteiger partial charge in [0.2, 0.25) is 0 Å². The van der Waals surface area contributed by atoms with Gasteiger partial charge in [0.1, 0.15) is 12.7 Å². The number of ether oxygens (including phenoxy) is 1. The van der Waals surface area contributed by atoms with Crippen molar-refractivity contribution in [2.45, 2.75) is 12.7 Å². The molecule has 0 saturated carbocycles. The molecule has 1 atom stereocenters. The van der Waals surface area contributed by atoms with Crippen LogP contribution in [0.1, 0.15) is 17.2 Å². The van der Waals surface area contributed by atoms with Gasteiger partial charge in [-0.3, -0.25) is 10.3 Å². The van der Waals surface area contributed by atoms with Crippen LogP contribution in [-0.2, 0) is 11.3 Å². The molecule has 1 aromatic heterocycles. The standard InChI is InChI=1S/C19H18N2O4/c22-11-18(23)15-8-14-6-7-16(9-17(14)20-10-15)21-19(24)25-12-13-4-2-1-3-5-13/h1-10,18,22-23H,11-12H2,(H,21,24). The number of carbonyl (C=O) groups is 1. The van der Waals surface area contributed by atoms with Crippen molar-refractivity contribution in [1.82, 2.24) is 4.98 Å². The van der Waals surface area contributed by atoms with E-state index in [1.54, 1.807) is 24.3 Å². The Morgan fingerprint density at radius 3 is 2.72 bits per heavy atom. The Hall–Kier alpha value is -2.96. The molecule has 6 heteroatoms. The van der Waals surface area contributed by atoms with Crippen molar-refractivity contribution in [3.05, 3.63) is 71.9 Å². The quantitative estimate of drug-likeness (QED) is 0.665. The molecule has 128 valence electrons. The molecule has 6 nitrogen and oxygen atoms in total. The van der Waals surface area contributed by atoms with E-state index in [-0.39, 0.29) is 13.2 Å². The molecule has 25 heavy (non-hydrogen) atoms. The Morgan fingerprint density at radius 2 is 1.96 bits per heavy atom. The van der Waals surface area contributed by atoms with E-state index < -0.39 is 12.2 Å². The van der Waals surface area contributed by atoms with Crippen molar-refractivity contribution in [3.8, 4) is 0 Å². The fourth-order valence-electron chi connectivity index (χ4n) is 2.38. The number of aliphatic hydroxyl groups excluding tert-OH is 2. The second-order valence-electron chi connectivity index (χ2n) is 5.56. The second-order valence-corrected chi connectivity index (χ2v) is 5.56. The molecule has 1 unspecified atom stereocenters. The Balaban J connectivity index is 1.66. The minimum Gasteiger partial charge on any atom is -0.444 e. The molecule has 0 spiro atoms. The van der Waals surface area contributed by atoms with Crippen LogP contribution in [0.25, 0.3) is 10.9 Å². The van der Waals surface area contributed by atoms with Crippen molar-refractivity contribution >= 4 is 22.7 Å². The van der Waals surface area contributed by atoms with E-state index >= 15 is 0 Å². The van der Waals surface area contributed by atoms with E-state index in [2.05, 4.69) is 10.3 Å². The summed E-state index contributed by atoms with van der Waals surface area (Å²) in [6, 6.07) is 16.4. The van der Waals surface area contributed by atoms with Crippen LogP contribution in [0.3, 0.4) is 0 Å². The van der Waals surface area contributed by atoms with E-state index in [0.717, 1.165) is 10.9 Å². The number of benzene rings is 2. The summed E-state index contributed by atoms with van der Waals surface area (Å²) in [5.41, 5.74) is 2.68. The summed E-state index contributed by atoms with van der Waals surface area (Å²) < 4.78 is 5.18. The third-order valence-electron chi connectivity index (χ3n) is 3.72. The third kappa shape index (κ3) is 4.32. The summed E-state index contributed by atoms with van der Waals surface area (Å²) in [5, 5.41) is 22.1. The van der Waals surface area contributed by atoms with Crippen molar-refractivity contribution in [3.63, 3.8) is 0 Å². The first-order chi connectivity index (χ1) is 12.2. The molecule has 3 rings (SSSR count). The van der Waals surface area contributed by atoms with Crippen molar-refractivity contribution in [2.75, 3.05) is 11.9 Å². The van der Waals surface area contributed by atoms with Crippen LogP contribution in [0.15, 0.2) is 60.8 Å². The van der Waals surface area contributed by atoms with E-state index in [4.69, 9.17) is 9.84 Å². The van der Waals surface area contributed by atoms with Gasteiger partial charge in [0.05, 0.1) is 12.1 Å². The average Bonchev–Trinajstić information content (AvgIpc) is 2.66. The topological polar surface area (TPSA) is 91.7 Å². The molecule has 2 aromatic carbocycles. The molecule has 3 aromatic rings. The molecule has 0 aliphatic carbocycles. The lowest BCUT2D eigenvalue weighted by molar-refractivity contribution is 0.0955. The Labute approximate surface area is 144 Å². The average molecular weight is 338 g/mol. The highest BCUT2D eigenvalue weighted by Crippen LogP contribution is 2.21. The monoisotopic (exact) mass is 338 g/mol. The number of rotatable bonds is 5. The first-order valence-corrected chi connectivity index (χ1v) is 7.82. The zero-order valence-corrected chi connectivity index (χ0v) is 13.4.